The maximum Gasteiger partial charge on any atom is 0.163 e. The van der Waals surface area contributed by atoms with E-state index in [-0.39, 0.29) is 11.7 Å². The highest BCUT2D eigenvalue weighted by atomic mass is 35.5. The first-order valence-corrected chi connectivity index (χ1v) is 4.57. The minimum absolute atomic E-state index is 0.141. The molecule has 1 atom stereocenters. The molecule has 0 saturated carbocycles. The van der Waals surface area contributed by atoms with Crippen LogP contribution >= 0.6 is 11.6 Å². The summed E-state index contributed by atoms with van der Waals surface area (Å²) >= 11 is 5.93. The van der Waals surface area contributed by atoms with Crippen LogP contribution in [0.4, 0.5) is 0 Å². The third-order valence-corrected chi connectivity index (χ3v) is 2.63. The van der Waals surface area contributed by atoms with Gasteiger partial charge in [-0.05, 0) is 19.3 Å². The SMILES string of the molecule is C=CCC1=C(Cl)CCC(C)C1=O. The van der Waals surface area contributed by atoms with Gasteiger partial charge in [0.2, 0.25) is 0 Å². The molecule has 0 aromatic heterocycles. The Morgan fingerprint density at radius 3 is 3.00 bits per heavy atom. The third kappa shape index (κ3) is 1.78. The van der Waals surface area contributed by atoms with Gasteiger partial charge in [-0.1, -0.05) is 24.6 Å². The van der Waals surface area contributed by atoms with Crippen LogP contribution in [0.2, 0.25) is 0 Å². The van der Waals surface area contributed by atoms with Crippen LogP contribution in [0.5, 0.6) is 0 Å². The van der Waals surface area contributed by atoms with E-state index in [2.05, 4.69) is 6.58 Å². The molecule has 0 aliphatic heterocycles. The van der Waals surface area contributed by atoms with Gasteiger partial charge in [0.05, 0.1) is 0 Å². The molecule has 1 nitrogen and oxygen atoms in total. The van der Waals surface area contributed by atoms with Crippen LogP contribution in [0.1, 0.15) is 26.2 Å². The van der Waals surface area contributed by atoms with E-state index >= 15 is 0 Å². The van der Waals surface area contributed by atoms with E-state index in [1.807, 2.05) is 6.92 Å². The van der Waals surface area contributed by atoms with Crippen molar-refractivity contribution in [1.29, 1.82) is 0 Å². The third-order valence-electron chi connectivity index (χ3n) is 2.22. The number of carbonyl (C=O) groups excluding carboxylic acids is 1. The van der Waals surface area contributed by atoms with Gasteiger partial charge in [0, 0.05) is 16.5 Å². The lowest BCUT2D eigenvalue weighted by molar-refractivity contribution is -0.119. The first kappa shape index (κ1) is 9.53. The summed E-state index contributed by atoms with van der Waals surface area (Å²) in [5.74, 6) is 0.341. The van der Waals surface area contributed by atoms with Gasteiger partial charge in [0.1, 0.15) is 0 Å². The number of Topliss-reactive ketones (excluding diaryl/α,β-unsaturated/α-hetero) is 1. The zero-order valence-corrected chi connectivity index (χ0v) is 8.03. The molecule has 0 aromatic rings. The molecule has 0 N–H and O–H groups in total. The van der Waals surface area contributed by atoms with Crippen molar-refractivity contribution in [3.8, 4) is 0 Å². The van der Waals surface area contributed by atoms with Gasteiger partial charge in [-0.3, -0.25) is 4.79 Å². The van der Waals surface area contributed by atoms with E-state index in [1.54, 1.807) is 6.08 Å². The van der Waals surface area contributed by atoms with Crippen molar-refractivity contribution in [1.82, 2.24) is 0 Å². The van der Waals surface area contributed by atoms with Crippen molar-refractivity contribution in [3.63, 3.8) is 0 Å². The monoisotopic (exact) mass is 184 g/mol. The molecule has 1 rings (SSSR count). The average Bonchev–Trinajstić information content (AvgIpc) is 2.06. The molecular weight excluding hydrogens is 172 g/mol. The topological polar surface area (TPSA) is 17.1 Å². The zero-order chi connectivity index (χ0) is 9.14. The molecule has 1 aliphatic rings. The van der Waals surface area contributed by atoms with E-state index in [0.29, 0.717) is 6.42 Å². The molecule has 0 saturated heterocycles. The van der Waals surface area contributed by atoms with Gasteiger partial charge < -0.3 is 0 Å². The highest BCUT2D eigenvalue weighted by molar-refractivity contribution is 6.32. The molecule has 1 aliphatic carbocycles. The van der Waals surface area contributed by atoms with E-state index in [4.69, 9.17) is 11.6 Å². The van der Waals surface area contributed by atoms with E-state index in [1.165, 1.54) is 0 Å². The Morgan fingerprint density at radius 1 is 1.75 bits per heavy atom. The smallest absolute Gasteiger partial charge is 0.163 e. The van der Waals surface area contributed by atoms with Crippen molar-refractivity contribution in [2.45, 2.75) is 26.2 Å². The molecule has 0 spiro atoms. The largest absolute Gasteiger partial charge is 0.294 e. The van der Waals surface area contributed by atoms with Crippen molar-refractivity contribution >= 4 is 17.4 Å². The lowest BCUT2D eigenvalue weighted by atomic mass is 9.87. The van der Waals surface area contributed by atoms with E-state index in [9.17, 15) is 4.79 Å². The quantitative estimate of drug-likeness (QED) is 0.603. The predicted octanol–water partition coefficient (Wildman–Crippen LogP) is 3.05. The summed E-state index contributed by atoms with van der Waals surface area (Å²) in [5, 5.41) is 0.734. The summed E-state index contributed by atoms with van der Waals surface area (Å²) in [6.07, 6.45) is 4.08. The molecule has 0 aromatic carbocycles. The minimum atomic E-state index is 0.141. The molecule has 12 heavy (non-hydrogen) atoms. The summed E-state index contributed by atoms with van der Waals surface area (Å²) in [6.45, 7) is 5.56. The molecule has 1 unspecified atom stereocenters. The molecule has 0 radical (unpaired) electrons. The van der Waals surface area contributed by atoms with Crippen molar-refractivity contribution < 1.29 is 4.79 Å². The van der Waals surface area contributed by atoms with Crippen LogP contribution in [0, 0.1) is 5.92 Å². The van der Waals surface area contributed by atoms with Crippen LogP contribution < -0.4 is 0 Å². The van der Waals surface area contributed by atoms with Gasteiger partial charge in [-0.15, -0.1) is 6.58 Å². The second-order valence-corrected chi connectivity index (χ2v) is 3.64. The number of carbonyl (C=O) groups is 1. The van der Waals surface area contributed by atoms with Crippen molar-refractivity contribution in [2.24, 2.45) is 5.92 Å². The summed E-state index contributed by atoms with van der Waals surface area (Å²) in [7, 11) is 0. The maximum atomic E-state index is 11.5. The van der Waals surface area contributed by atoms with Gasteiger partial charge in [0.25, 0.3) is 0 Å². The second kappa shape index (κ2) is 3.90. The van der Waals surface area contributed by atoms with Crippen molar-refractivity contribution in [2.75, 3.05) is 0 Å². The molecule has 0 fully saturated rings. The summed E-state index contributed by atoms with van der Waals surface area (Å²) in [6, 6.07) is 0. The van der Waals surface area contributed by atoms with Gasteiger partial charge in [0.15, 0.2) is 5.78 Å². The number of hydrogen-bond acceptors (Lipinski definition) is 1. The fourth-order valence-corrected chi connectivity index (χ4v) is 1.69. The van der Waals surface area contributed by atoms with Crippen LogP contribution in [0.25, 0.3) is 0 Å². The zero-order valence-electron chi connectivity index (χ0n) is 7.27. The molecule has 2 heteroatoms. The maximum absolute atomic E-state index is 11.5. The van der Waals surface area contributed by atoms with Crippen LogP contribution in [-0.4, -0.2) is 5.78 Å². The Bertz CT molecular complexity index is 240. The standard InChI is InChI=1S/C10H13ClO/c1-3-4-8-9(11)6-5-7(2)10(8)12/h3,7H,1,4-6H2,2H3. The fraction of sp³-hybridized carbons (Fsp3) is 0.500. The van der Waals surface area contributed by atoms with Crippen molar-refractivity contribution in [3.05, 3.63) is 23.3 Å². The number of hydrogen-bond donors (Lipinski definition) is 0. The molecule has 0 bridgehead atoms. The Morgan fingerprint density at radius 2 is 2.42 bits per heavy atom. The van der Waals surface area contributed by atoms with Gasteiger partial charge >= 0.3 is 0 Å². The summed E-state index contributed by atoms with van der Waals surface area (Å²) < 4.78 is 0. The van der Waals surface area contributed by atoms with Crippen LogP contribution in [0.3, 0.4) is 0 Å². The summed E-state index contributed by atoms with van der Waals surface area (Å²) in [5.41, 5.74) is 0.769. The minimum Gasteiger partial charge on any atom is -0.294 e. The first-order valence-electron chi connectivity index (χ1n) is 4.19. The Labute approximate surface area is 78.1 Å². The average molecular weight is 185 g/mol. The van der Waals surface area contributed by atoms with Crippen LogP contribution in [0.15, 0.2) is 23.3 Å². The van der Waals surface area contributed by atoms with E-state index < -0.39 is 0 Å². The summed E-state index contributed by atoms with van der Waals surface area (Å²) in [4.78, 5) is 11.5. The molecule has 0 heterocycles. The Hall–Kier alpha value is -0.560. The molecule has 66 valence electrons. The van der Waals surface area contributed by atoms with Gasteiger partial charge in [-0.25, -0.2) is 0 Å². The number of rotatable bonds is 2. The van der Waals surface area contributed by atoms with E-state index in [0.717, 1.165) is 23.4 Å². The number of allylic oxidation sites excluding steroid dienone is 3. The normalized spacial score (nSPS) is 24.5. The highest BCUT2D eigenvalue weighted by Gasteiger charge is 2.24. The lowest BCUT2D eigenvalue weighted by Crippen LogP contribution is -2.18. The lowest BCUT2D eigenvalue weighted by Gasteiger charge is -2.19. The number of ketones is 1. The van der Waals surface area contributed by atoms with Crippen LogP contribution in [-0.2, 0) is 4.79 Å². The first-order chi connectivity index (χ1) is 5.66. The second-order valence-electron chi connectivity index (χ2n) is 3.18. The predicted molar refractivity (Wildman–Crippen MR) is 51.1 cm³/mol. The fourth-order valence-electron chi connectivity index (χ4n) is 1.41. The molecule has 0 amide bonds. The molecular formula is C10H13ClO. The van der Waals surface area contributed by atoms with Gasteiger partial charge in [-0.2, -0.15) is 0 Å². The Kier molecular flexibility index (Phi) is 3.10. The Balaban J connectivity index is 2.88. The number of halogens is 1. The highest BCUT2D eigenvalue weighted by Crippen LogP contribution is 2.30.